The smallest absolute Gasteiger partial charge is 0.243 e. The maximum absolute atomic E-state index is 5.50. The molecule has 2 aliphatic rings. The summed E-state index contributed by atoms with van der Waals surface area (Å²) in [5.41, 5.74) is 2.59. The second kappa shape index (κ2) is 6.09. The lowest BCUT2D eigenvalue weighted by atomic mass is 9.97. The van der Waals surface area contributed by atoms with Gasteiger partial charge in [0.2, 0.25) is 5.89 Å². The summed E-state index contributed by atoms with van der Waals surface area (Å²) in [5.74, 6) is 3.69. The zero-order chi connectivity index (χ0) is 16.7. The average molecular weight is 329 g/mol. The Bertz CT molecular complexity index is 739. The number of fused-ring (bicyclic) bond motifs is 1. The molecule has 1 aliphatic heterocycles. The summed E-state index contributed by atoms with van der Waals surface area (Å²) in [4.78, 5) is 6.97. The van der Waals surface area contributed by atoms with Gasteiger partial charge < -0.3 is 14.0 Å². The minimum Gasteiger partial charge on any atom is -0.493 e. The highest BCUT2D eigenvalue weighted by Gasteiger charge is 2.31. The van der Waals surface area contributed by atoms with Gasteiger partial charge in [-0.2, -0.15) is 4.98 Å². The molecule has 1 aromatic carbocycles. The lowest BCUT2D eigenvalue weighted by molar-refractivity contribution is 0.157. The van der Waals surface area contributed by atoms with E-state index in [4.69, 9.17) is 14.0 Å². The number of hydrogen-bond donors (Lipinski definition) is 0. The van der Waals surface area contributed by atoms with Crippen molar-refractivity contribution in [1.29, 1.82) is 0 Å². The summed E-state index contributed by atoms with van der Waals surface area (Å²) in [6.07, 6.45) is 3.35. The Morgan fingerprint density at radius 1 is 1.17 bits per heavy atom. The van der Waals surface area contributed by atoms with Crippen LogP contribution >= 0.6 is 0 Å². The molecule has 24 heavy (non-hydrogen) atoms. The Kier molecular flexibility index (Phi) is 3.92. The van der Waals surface area contributed by atoms with E-state index >= 15 is 0 Å². The first-order valence-corrected chi connectivity index (χ1v) is 8.51. The Hall–Kier alpha value is -2.08. The minimum atomic E-state index is 0.117. The van der Waals surface area contributed by atoms with Crippen LogP contribution in [0.3, 0.4) is 0 Å². The third kappa shape index (κ3) is 2.75. The summed E-state index contributed by atoms with van der Waals surface area (Å²) in [5, 5.41) is 4.14. The molecule has 1 aliphatic carbocycles. The molecule has 6 heteroatoms. The maximum Gasteiger partial charge on any atom is 0.243 e. The molecule has 4 rings (SSSR count). The molecule has 0 bridgehead atoms. The summed E-state index contributed by atoms with van der Waals surface area (Å²) in [7, 11) is 3.35. The van der Waals surface area contributed by atoms with E-state index in [0.717, 1.165) is 42.7 Å². The summed E-state index contributed by atoms with van der Waals surface area (Å²) in [6.45, 7) is 3.94. The van der Waals surface area contributed by atoms with Crippen LogP contribution in [0.4, 0.5) is 0 Å². The number of hydrogen-bond acceptors (Lipinski definition) is 6. The highest BCUT2D eigenvalue weighted by atomic mass is 16.5. The molecule has 0 radical (unpaired) electrons. The van der Waals surface area contributed by atoms with Crippen LogP contribution in [0.15, 0.2) is 16.7 Å². The predicted octanol–water partition coefficient (Wildman–Crippen LogP) is 3.08. The normalized spacial score (nSPS) is 19.0. The van der Waals surface area contributed by atoms with Crippen LogP contribution < -0.4 is 9.47 Å². The molecule has 0 spiro atoms. The van der Waals surface area contributed by atoms with Gasteiger partial charge in [0.05, 0.1) is 20.3 Å². The Morgan fingerprint density at radius 3 is 2.54 bits per heavy atom. The van der Waals surface area contributed by atoms with Crippen molar-refractivity contribution in [3.05, 3.63) is 35.0 Å². The van der Waals surface area contributed by atoms with Crippen molar-refractivity contribution < 1.29 is 14.0 Å². The quantitative estimate of drug-likeness (QED) is 0.840. The second-order valence-electron chi connectivity index (χ2n) is 6.64. The van der Waals surface area contributed by atoms with E-state index in [1.54, 1.807) is 14.2 Å². The predicted molar refractivity (Wildman–Crippen MR) is 88.3 cm³/mol. The van der Waals surface area contributed by atoms with Gasteiger partial charge in [0.15, 0.2) is 17.3 Å². The highest BCUT2D eigenvalue weighted by Crippen LogP contribution is 2.39. The van der Waals surface area contributed by atoms with E-state index in [1.807, 2.05) is 0 Å². The fourth-order valence-electron chi connectivity index (χ4n) is 3.32. The molecule has 0 amide bonds. The van der Waals surface area contributed by atoms with E-state index < -0.39 is 0 Å². The lowest BCUT2D eigenvalue weighted by Gasteiger charge is -2.32. The first-order valence-electron chi connectivity index (χ1n) is 8.51. The highest BCUT2D eigenvalue weighted by molar-refractivity contribution is 5.48. The van der Waals surface area contributed by atoms with Crippen molar-refractivity contribution in [1.82, 2.24) is 15.0 Å². The molecule has 2 heterocycles. The number of methoxy groups -OCH3 is 2. The van der Waals surface area contributed by atoms with Crippen molar-refractivity contribution in [2.75, 3.05) is 20.8 Å². The molecular weight excluding hydrogens is 306 g/mol. The van der Waals surface area contributed by atoms with Gasteiger partial charge in [-0.05, 0) is 49.4 Å². The number of ether oxygens (including phenoxy) is 2. The number of rotatable bonds is 5. The van der Waals surface area contributed by atoms with E-state index in [1.165, 1.54) is 24.0 Å². The molecule has 1 aromatic heterocycles. The first kappa shape index (κ1) is 15.4. The molecule has 0 saturated heterocycles. The summed E-state index contributed by atoms with van der Waals surface area (Å²) >= 11 is 0. The van der Waals surface area contributed by atoms with Crippen molar-refractivity contribution in [3.8, 4) is 11.5 Å². The minimum absolute atomic E-state index is 0.117. The Morgan fingerprint density at radius 2 is 1.88 bits per heavy atom. The second-order valence-corrected chi connectivity index (χ2v) is 6.64. The van der Waals surface area contributed by atoms with Crippen LogP contribution in [0.25, 0.3) is 0 Å². The van der Waals surface area contributed by atoms with Crippen molar-refractivity contribution in [2.45, 2.75) is 44.7 Å². The van der Waals surface area contributed by atoms with Gasteiger partial charge in [0.1, 0.15) is 0 Å². The van der Waals surface area contributed by atoms with Gasteiger partial charge >= 0.3 is 0 Å². The first-order chi connectivity index (χ1) is 11.7. The van der Waals surface area contributed by atoms with Gasteiger partial charge in [-0.3, -0.25) is 4.90 Å². The van der Waals surface area contributed by atoms with Crippen LogP contribution in [-0.2, 0) is 13.0 Å². The lowest BCUT2D eigenvalue weighted by Crippen LogP contribution is -2.33. The largest absolute Gasteiger partial charge is 0.493 e. The molecule has 128 valence electrons. The molecule has 6 nitrogen and oxygen atoms in total. The van der Waals surface area contributed by atoms with E-state index in [0.29, 0.717) is 5.92 Å². The van der Waals surface area contributed by atoms with E-state index in [-0.39, 0.29) is 6.04 Å². The van der Waals surface area contributed by atoms with E-state index in [2.05, 4.69) is 34.1 Å². The molecule has 0 N–H and O–H groups in total. The molecule has 0 unspecified atom stereocenters. The standard InChI is InChI=1S/C18H23N3O3/c1-11(18-19-17(20-24-18)12-4-5-12)21-7-6-13-8-15(22-2)16(23-3)9-14(13)10-21/h8-9,11-12H,4-7,10H2,1-3H3/t11-/m0/s1. The fraction of sp³-hybridized carbons (Fsp3) is 0.556. The fourth-order valence-corrected chi connectivity index (χ4v) is 3.32. The molecule has 1 fully saturated rings. The van der Waals surface area contributed by atoms with Gasteiger partial charge in [0, 0.05) is 19.0 Å². The van der Waals surface area contributed by atoms with E-state index in [9.17, 15) is 0 Å². The van der Waals surface area contributed by atoms with Crippen LogP contribution in [0.2, 0.25) is 0 Å². The SMILES string of the molecule is COc1cc2c(cc1OC)CN([C@@H](C)c1nc(C3CC3)no1)CC2. The Balaban J connectivity index is 1.54. The topological polar surface area (TPSA) is 60.6 Å². The monoisotopic (exact) mass is 329 g/mol. The third-order valence-corrected chi connectivity index (χ3v) is 5.05. The van der Waals surface area contributed by atoms with Crippen LogP contribution in [0.5, 0.6) is 11.5 Å². The van der Waals surface area contributed by atoms with Gasteiger partial charge in [0.25, 0.3) is 0 Å². The zero-order valence-electron chi connectivity index (χ0n) is 14.4. The number of nitrogens with zero attached hydrogens (tertiary/aromatic N) is 3. The summed E-state index contributed by atoms with van der Waals surface area (Å²) < 4.78 is 16.3. The molecular formula is C18H23N3O3. The molecule has 1 atom stereocenters. The van der Waals surface area contributed by atoms with Crippen LogP contribution in [0, 0.1) is 0 Å². The van der Waals surface area contributed by atoms with Crippen LogP contribution in [-0.4, -0.2) is 35.8 Å². The summed E-state index contributed by atoms with van der Waals surface area (Å²) in [6, 6.07) is 4.29. The van der Waals surface area contributed by atoms with Gasteiger partial charge in [-0.25, -0.2) is 0 Å². The third-order valence-electron chi connectivity index (χ3n) is 5.05. The van der Waals surface area contributed by atoms with Crippen LogP contribution in [0.1, 0.15) is 54.6 Å². The number of aromatic nitrogens is 2. The van der Waals surface area contributed by atoms with Crippen molar-refractivity contribution >= 4 is 0 Å². The zero-order valence-corrected chi connectivity index (χ0v) is 14.4. The van der Waals surface area contributed by atoms with Gasteiger partial charge in [-0.15, -0.1) is 0 Å². The molecule has 1 saturated carbocycles. The number of benzene rings is 1. The molecule has 2 aromatic rings. The average Bonchev–Trinajstić information content (AvgIpc) is 3.36. The Labute approximate surface area is 141 Å². The van der Waals surface area contributed by atoms with Crippen molar-refractivity contribution in [2.24, 2.45) is 0 Å². The van der Waals surface area contributed by atoms with Crippen molar-refractivity contribution in [3.63, 3.8) is 0 Å². The maximum atomic E-state index is 5.50. The van der Waals surface area contributed by atoms with Gasteiger partial charge in [-0.1, -0.05) is 5.16 Å².